The zero-order valence-corrected chi connectivity index (χ0v) is 27.1. The Kier molecular flexibility index (Phi) is 8.73. The number of H-pyrrole nitrogens is 1. The number of amides is 2. The van der Waals surface area contributed by atoms with Crippen LogP contribution < -0.4 is 20.8 Å². The first-order valence-corrected chi connectivity index (χ1v) is 16.9. The third-order valence-electron chi connectivity index (χ3n) is 7.70. The minimum absolute atomic E-state index is 0.0540. The second kappa shape index (κ2) is 12.6. The van der Waals surface area contributed by atoms with Gasteiger partial charge in [-0.1, -0.05) is 11.6 Å². The van der Waals surface area contributed by atoms with E-state index in [1.165, 1.54) is 22.3 Å². The first kappa shape index (κ1) is 31.9. The van der Waals surface area contributed by atoms with E-state index in [1.807, 2.05) is 6.92 Å². The molecule has 0 aliphatic carbocycles. The molecule has 0 spiro atoms. The standard InChI is InChI=1S/C29H29ClN6O8S2/c1-15-7-21-25(12-31-15)45-28(34-21)29(40)36-6-5-35(46(41,42)26-9-17-8-18(30)3-4-20(17)33-26)13-22(36)27(39)32-11-19-10-23(38)24(14-43-19)44-16(2)37/h3-4,8-10,14-15,22,31,33H,5-7,11-13H2,1-2H3,(H,32,39). The molecule has 0 radical (unpaired) electrons. The highest BCUT2D eigenvalue weighted by atomic mass is 35.5. The Morgan fingerprint density at radius 2 is 2.02 bits per heavy atom. The number of aromatic amines is 1. The van der Waals surface area contributed by atoms with Crippen molar-refractivity contribution in [2.75, 3.05) is 19.6 Å². The van der Waals surface area contributed by atoms with Gasteiger partial charge in [-0.2, -0.15) is 4.31 Å². The maximum Gasteiger partial charge on any atom is 0.308 e. The molecule has 0 bridgehead atoms. The normalized spacial score (nSPS) is 18.7. The quantitative estimate of drug-likeness (QED) is 0.243. The molecule has 17 heteroatoms. The average molecular weight is 689 g/mol. The molecule has 1 fully saturated rings. The number of halogens is 1. The van der Waals surface area contributed by atoms with Crippen molar-refractivity contribution in [1.29, 1.82) is 0 Å². The number of fused-ring (bicyclic) bond motifs is 2. The predicted molar refractivity (Wildman–Crippen MR) is 167 cm³/mol. The largest absolute Gasteiger partial charge is 0.463 e. The second-order valence-electron chi connectivity index (χ2n) is 11.0. The number of hydrogen-bond acceptors (Lipinski definition) is 11. The predicted octanol–water partition coefficient (Wildman–Crippen LogP) is 2.02. The van der Waals surface area contributed by atoms with Crippen LogP contribution in [0.2, 0.25) is 5.02 Å². The highest BCUT2D eigenvalue weighted by Gasteiger charge is 2.41. The molecule has 4 aromatic rings. The number of ether oxygens (including phenoxy) is 1. The van der Waals surface area contributed by atoms with E-state index in [2.05, 4.69) is 20.6 Å². The fraction of sp³-hybridized carbons (Fsp3) is 0.345. The molecule has 1 aromatic carbocycles. The minimum Gasteiger partial charge on any atom is -0.463 e. The Hall–Kier alpha value is -4.09. The van der Waals surface area contributed by atoms with Crippen molar-refractivity contribution >= 4 is 61.6 Å². The zero-order valence-electron chi connectivity index (χ0n) is 24.7. The Bertz CT molecular complexity index is 2020. The van der Waals surface area contributed by atoms with E-state index >= 15 is 0 Å². The van der Waals surface area contributed by atoms with E-state index < -0.39 is 39.3 Å². The third-order valence-corrected chi connectivity index (χ3v) is 10.8. The molecule has 2 aliphatic rings. The number of rotatable bonds is 7. The van der Waals surface area contributed by atoms with Crippen molar-refractivity contribution in [3.8, 4) is 5.75 Å². The van der Waals surface area contributed by atoms with E-state index in [1.54, 1.807) is 18.2 Å². The molecular formula is C29H29ClN6O8S2. The molecule has 242 valence electrons. The highest BCUT2D eigenvalue weighted by Crippen LogP contribution is 2.28. The van der Waals surface area contributed by atoms with Gasteiger partial charge in [-0.25, -0.2) is 13.4 Å². The summed E-state index contributed by atoms with van der Waals surface area (Å²) in [7, 11) is -4.12. The van der Waals surface area contributed by atoms with Gasteiger partial charge in [-0.3, -0.25) is 19.2 Å². The number of esters is 1. The summed E-state index contributed by atoms with van der Waals surface area (Å²) < 4.78 is 38.8. The van der Waals surface area contributed by atoms with Gasteiger partial charge in [0.15, 0.2) is 5.01 Å². The number of nitrogens with zero attached hydrogens (tertiary/aromatic N) is 3. The van der Waals surface area contributed by atoms with Crippen molar-refractivity contribution in [3.63, 3.8) is 0 Å². The Labute approximate surface area is 271 Å². The number of piperazine rings is 1. The molecule has 2 atom stereocenters. The van der Waals surface area contributed by atoms with Gasteiger partial charge in [0, 0.05) is 72.4 Å². The van der Waals surface area contributed by atoms with Gasteiger partial charge in [0.05, 0.1) is 12.2 Å². The van der Waals surface area contributed by atoms with Crippen LogP contribution in [-0.4, -0.2) is 77.1 Å². The molecule has 2 unspecified atom stereocenters. The molecule has 6 rings (SSSR count). The van der Waals surface area contributed by atoms with E-state index in [-0.39, 0.29) is 53.8 Å². The lowest BCUT2D eigenvalue weighted by Gasteiger charge is -2.39. The van der Waals surface area contributed by atoms with Crippen molar-refractivity contribution in [3.05, 3.63) is 73.2 Å². The maximum atomic E-state index is 13.8. The number of thiazole rings is 1. The summed E-state index contributed by atoms with van der Waals surface area (Å²) in [5.41, 5.74) is 0.769. The summed E-state index contributed by atoms with van der Waals surface area (Å²) in [4.78, 5) is 60.7. The van der Waals surface area contributed by atoms with Gasteiger partial charge in [0.1, 0.15) is 23.1 Å². The molecule has 3 N–H and O–H groups in total. The van der Waals surface area contributed by atoms with Gasteiger partial charge in [-0.05, 0) is 31.2 Å². The van der Waals surface area contributed by atoms with E-state index in [0.717, 1.165) is 34.1 Å². The molecule has 3 aromatic heterocycles. The van der Waals surface area contributed by atoms with Crippen LogP contribution >= 0.6 is 22.9 Å². The maximum absolute atomic E-state index is 13.8. The lowest BCUT2D eigenvalue weighted by Crippen LogP contribution is -2.61. The zero-order chi connectivity index (χ0) is 32.7. The number of aromatic nitrogens is 2. The molecule has 46 heavy (non-hydrogen) atoms. The minimum atomic E-state index is -4.12. The van der Waals surface area contributed by atoms with E-state index in [9.17, 15) is 27.6 Å². The first-order valence-electron chi connectivity index (χ1n) is 14.3. The summed E-state index contributed by atoms with van der Waals surface area (Å²) in [5, 5.41) is 7.17. The van der Waals surface area contributed by atoms with Gasteiger partial charge in [0.25, 0.3) is 15.9 Å². The van der Waals surface area contributed by atoms with Crippen LogP contribution in [-0.2, 0) is 39.1 Å². The summed E-state index contributed by atoms with van der Waals surface area (Å²) in [5.74, 6) is -2.10. The number of nitrogens with one attached hydrogen (secondary N) is 3. The number of sulfonamides is 1. The summed E-state index contributed by atoms with van der Waals surface area (Å²) in [6.07, 6.45) is 1.62. The van der Waals surface area contributed by atoms with Crippen molar-refractivity contribution < 1.29 is 32.0 Å². The number of hydrogen-bond donors (Lipinski definition) is 3. The molecular weight excluding hydrogens is 660 g/mol. The Balaban J connectivity index is 1.26. The molecule has 14 nitrogen and oxygen atoms in total. The number of carbonyl (C=O) groups is 3. The van der Waals surface area contributed by atoms with Gasteiger partial charge < -0.3 is 29.7 Å². The molecule has 5 heterocycles. The summed E-state index contributed by atoms with van der Waals surface area (Å²) >= 11 is 7.33. The number of benzene rings is 1. The molecule has 2 aliphatic heterocycles. The van der Waals surface area contributed by atoms with Crippen LogP contribution in [0.15, 0.2) is 50.8 Å². The molecule has 1 saturated heterocycles. The van der Waals surface area contributed by atoms with Crippen LogP contribution in [0, 0.1) is 0 Å². The van der Waals surface area contributed by atoms with E-state index in [0.29, 0.717) is 28.9 Å². The lowest BCUT2D eigenvalue weighted by molar-refractivity contribution is -0.132. The topological polar surface area (TPSA) is 184 Å². The van der Waals surface area contributed by atoms with Crippen LogP contribution in [0.1, 0.15) is 40.0 Å². The van der Waals surface area contributed by atoms with Crippen molar-refractivity contribution in [1.82, 2.24) is 29.8 Å². The van der Waals surface area contributed by atoms with Crippen LogP contribution in [0.3, 0.4) is 0 Å². The molecule has 2 amide bonds. The van der Waals surface area contributed by atoms with Crippen LogP contribution in [0.4, 0.5) is 0 Å². The second-order valence-corrected chi connectivity index (χ2v) is 14.4. The first-order chi connectivity index (χ1) is 21.9. The third kappa shape index (κ3) is 6.43. The fourth-order valence-electron chi connectivity index (χ4n) is 5.38. The SMILES string of the molecule is CC(=O)Oc1coc(CNC(=O)C2CN(S(=O)(=O)c3cc4cc(Cl)ccc4[nH]3)CCN2C(=O)c2nc3c(s2)CNC(C)C3)cc1=O. The smallest absolute Gasteiger partial charge is 0.308 e. The van der Waals surface area contributed by atoms with Crippen molar-refractivity contribution in [2.24, 2.45) is 0 Å². The van der Waals surface area contributed by atoms with Crippen molar-refractivity contribution in [2.45, 2.75) is 50.5 Å². The highest BCUT2D eigenvalue weighted by molar-refractivity contribution is 7.89. The summed E-state index contributed by atoms with van der Waals surface area (Å²) in [6.45, 7) is 3.01. The lowest BCUT2D eigenvalue weighted by atomic mass is 10.1. The van der Waals surface area contributed by atoms with Gasteiger partial charge in [-0.15, -0.1) is 11.3 Å². The Morgan fingerprint density at radius 1 is 1.22 bits per heavy atom. The monoisotopic (exact) mass is 688 g/mol. The Morgan fingerprint density at radius 3 is 2.78 bits per heavy atom. The molecule has 0 saturated carbocycles. The fourth-order valence-corrected chi connectivity index (χ4v) is 8.00. The van der Waals surface area contributed by atoms with Crippen LogP contribution in [0.25, 0.3) is 10.9 Å². The number of carbonyl (C=O) groups excluding carboxylic acids is 3. The average Bonchev–Trinajstić information content (AvgIpc) is 3.64. The van der Waals surface area contributed by atoms with Crippen LogP contribution in [0.5, 0.6) is 5.75 Å². The van der Waals surface area contributed by atoms with Gasteiger partial charge in [0.2, 0.25) is 17.1 Å². The van der Waals surface area contributed by atoms with Gasteiger partial charge >= 0.3 is 5.97 Å². The summed E-state index contributed by atoms with van der Waals surface area (Å²) in [6, 6.07) is 6.45. The van der Waals surface area contributed by atoms with E-state index in [4.69, 9.17) is 20.8 Å².